The summed E-state index contributed by atoms with van der Waals surface area (Å²) in [6.45, 7) is 4.76. The summed E-state index contributed by atoms with van der Waals surface area (Å²) < 4.78 is 14.4. The van der Waals surface area contributed by atoms with E-state index < -0.39 is 12.2 Å². The van der Waals surface area contributed by atoms with Crippen LogP contribution >= 0.6 is 23.2 Å². The highest BCUT2D eigenvalue weighted by Gasteiger charge is 2.19. The molecule has 0 atom stereocenters. The van der Waals surface area contributed by atoms with Gasteiger partial charge in [0.1, 0.15) is 22.8 Å². The van der Waals surface area contributed by atoms with Crippen molar-refractivity contribution in [1.29, 1.82) is 0 Å². The first-order valence-electron chi connectivity index (χ1n) is 17.5. The molecular formula is C40H38Cl2N6O8. The van der Waals surface area contributed by atoms with Crippen molar-refractivity contribution in [3.05, 3.63) is 115 Å². The van der Waals surface area contributed by atoms with Gasteiger partial charge >= 0.3 is 12.2 Å². The maximum absolute atomic E-state index is 13.4. The Bertz CT molecular complexity index is 2430. The van der Waals surface area contributed by atoms with E-state index in [0.717, 1.165) is 0 Å². The van der Waals surface area contributed by atoms with Crippen LogP contribution in [0, 0.1) is 13.8 Å². The van der Waals surface area contributed by atoms with Gasteiger partial charge in [0.15, 0.2) is 0 Å². The second kappa shape index (κ2) is 16.7. The summed E-state index contributed by atoms with van der Waals surface area (Å²) in [4.78, 5) is 60.9. The molecule has 2 aromatic carbocycles. The lowest BCUT2D eigenvalue weighted by molar-refractivity contribution is 0.151. The first kappa shape index (κ1) is 39.6. The van der Waals surface area contributed by atoms with Crippen molar-refractivity contribution < 1.29 is 29.3 Å². The fourth-order valence-corrected chi connectivity index (χ4v) is 6.81. The predicted octanol–water partition coefficient (Wildman–Crippen LogP) is 7.38. The summed E-state index contributed by atoms with van der Waals surface area (Å²) in [5, 5.41) is 18.7. The number of fused-ring (bicyclic) bond motifs is 2. The molecule has 56 heavy (non-hydrogen) atoms. The van der Waals surface area contributed by atoms with Gasteiger partial charge in [-0.25, -0.2) is 19.6 Å². The minimum atomic E-state index is -1.02. The molecule has 0 saturated carbocycles. The van der Waals surface area contributed by atoms with Crippen molar-refractivity contribution in [3.63, 3.8) is 0 Å². The van der Waals surface area contributed by atoms with Gasteiger partial charge in [-0.3, -0.25) is 18.4 Å². The first-order chi connectivity index (χ1) is 26.7. The third-order valence-corrected chi connectivity index (χ3v) is 9.96. The number of rotatable bonds is 13. The molecule has 6 aromatic rings. The number of nitrogens with zero attached hydrogens (tertiary/aromatic N) is 6. The minimum Gasteiger partial charge on any atom is -0.492 e. The largest absolute Gasteiger partial charge is 0.492 e. The number of carbonyl (C=O) groups is 2. The van der Waals surface area contributed by atoms with Gasteiger partial charge in [0.25, 0.3) is 11.1 Å². The zero-order valence-electron chi connectivity index (χ0n) is 31.0. The molecule has 290 valence electrons. The summed E-state index contributed by atoms with van der Waals surface area (Å²) in [5.74, 6) is 0.901. The zero-order valence-corrected chi connectivity index (χ0v) is 32.5. The van der Waals surface area contributed by atoms with Crippen LogP contribution in [0.25, 0.3) is 44.9 Å². The Morgan fingerprint density at radius 3 is 1.41 bits per heavy atom. The number of pyridine rings is 2. The minimum absolute atomic E-state index is 0.261. The van der Waals surface area contributed by atoms with Gasteiger partial charge in [0.05, 0.1) is 47.0 Å². The number of benzene rings is 2. The molecule has 4 aromatic heterocycles. The Hall–Kier alpha value is -6.12. The quantitative estimate of drug-likeness (QED) is 0.112. The van der Waals surface area contributed by atoms with Crippen molar-refractivity contribution >= 4 is 46.7 Å². The highest BCUT2D eigenvalue weighted by Crippen LogP contribution is 2.41. The van der Waals surface area contributed by atoms with Crippen molar-refractivity contribution in [3.8, 4) is 45.1 Å². The SMILES string of the molecule is Cc1cc(OCCCN(C)C(=O)O)cn2c(=O)cc(-c3cccc(-c4cccc(-c5cc(=O)n6cc(OCCCN(C)C(=O)O)cc(C)c6n5)c4Cl)c3Cl)nc12. The number of carboxylic acid groups (broad SMARTS) is 2. The highest BCUT2D eigenvalue weighted by atomic mass is 35.5. The van der Waals surface area contributed by atoms with Gasteiger partial charge in [0, 0.05) is 61.6 Å². The molecule has 0 unspecified atom stereocenters. The van der Waals surface area contributed by atoms with Crippen LogP contribution in [-0.4, -0.2) is 91.4 Å². The van der Waals surface area contributed by atoms with Crippen molar-refractivity contribution in [1.82, 2.24) is 28.6 Å². The van der Waals surface area contributed by atoms with E-state index in [1.807, 2.05) is 26.0 Å². The molecule has 14 nitrogen and oxygen atoms in total. The second-order valence-corrected chi connectivity index (χ2v) is 14.0. The standard InChI is InChI=1S/C40H38Cl2N6O8/c1-23-17-25(55-15-7-13-45(3)39(51)52)21-47-33(49)19-31(43-37(23)47)29-11-5-9-27(35(29)41)28-10-6-12-30(36(28)42)32-20-34(50)48-22-26(18-24(2)38(48)44-32)56-16-8-14-46(4)40(53)54/h5-6,9-12,17-22H,7-8,13-16H2,1-4H3,(H,51,52)(H,53,54). The van der Waals surface area contributed by atoms with Crippen LogP contribution in [0.2, 0.25) is 10.0 Å². The molecular weight excluding hydrogens is 763 g/mol. The van der Waals surface area contributed by atoms with Crippen LogP contribution in [0.5, 0.6) is 11.5 Å². The summed E-state index contributed by atoms with van der Waals surface area (Å²) in [5.41, 5.74) is 4.40. The molecule has 0 aliphatic rings. The zero-order chi connectivity index (χ0) is 40.3. The van der Waals surface area contributed by atoms with Gasteiger partial charge in [-0.05, 0) is 49.9 Å². The van der Waals surface area contributed by atoms with Gasteiger partial charge in [0.2, 0.25) is 0 Å². The molecule has 0 aliphatic heterocycles. The van der Waals surface area contributed by atoms with Gasteiger partial charge < -0.3 is 29.5 Å². The van der Waals surface area contributed by atoms with Crippen LogP contribution in [-0.2, 0) is 0 Å². The molecule has 0 bridgehead atoms. The fourth-order valence-electron chi connectivity index (χ4n) is 6.16. The van der Waals surface area contributed by atoms with E-state index in [4.69, 9.17) is 52.9 Å². The average Bonchev–Trinajstić information content (AvgIpc) is 3.16. The third-order valence-electron chi connectivity index (χ3n) is 9.15. The number of aromatic nitrogens is 4. The number of amides is 2. The summed E-state index contributed by atoms with van der Waals surface area (Å²) in [7, 11) is 2.97. The lowest BCUT2D eigenvalue weighted by Gasteiger charge is -2.15. The monoisotopic (exact) mass is 800 g/mol. The molecule has 0 aliphatic carbocycles. The molecule has 2 N–H and O–H groups in total. The van der Waals surface area contributed by atoms with Crippen LogP contribution in [0.15, 0.2) is 82.6 Å². The summed E-state index contributed by atoms with van der Waals surface area (Å²) in [6, 6.07) is 17.1. The molecule has 0 saturated heterocycles. The smallest absolute Gasteiger partial charge is 0.407 e. The van der Waals surface area contributed by atoms with E-state index in [1.165, 1.54) is 44.8 Å². The Labute approximate surface area is 330 Å². The Kier molecular flexibility index (Phi) is 11.8. The third kappa shape index (κ3) is 8.41. The number of hydrogen-bond donors (Lipinski definition) is 2. The molecule has 16 heteroatoms. The fraction of sp³-hybridized carbons (Fsp3) is 0.250. The topological polar surface area (TPSA) is 168 Å². The van der Waals surface area contributed by atoms with Gasteiger partial charge in [-0.15, -0.1) is 0 Å². The van der Waals surface area contributed by atoms with Crippen LogP contribution < -0.4 is 20.6 Å². The van der Waals surface area contributed by atoms with Gasteiger partial charge in [-0.2, -0.15) is 0 Å². The number of ether oxygens (including phenoxy) is 2. The molecule has 0 fully saturated rings. The molecule has 4 heterocycles. The van der Waals surface area contributed by atoms with E-state index in [0.29, 0.717) is 104 Å². The van der Waals surface area contributed by atoms with E-state index in [9.17, 15) is 19.2 Å². The van der Waals surface area contributed by atoms with E-state index in [-0.39, 0.29) is 24.3 Å². The highest BCUT2D eigenvalue weighted by molar-refractivity contribution is 6.39. The van der Waals surface area contributed by atoms with E-state index in [1.54, 1.807) is 48.8 Å². The Morgan fingerprint density at radius 1 is 0.661 bits per heavy atom. The number of halogens is 2. The maximum atomic E-state index is 13.4. The van der Waals surface area contributed by atoms with Crippen LogP contribution in [0.4, 0.5) is 9.59 Å². The number of aryl methyl sites for hydroxylation is 2. The van der Waals surface area contributed by atoms with Crippen molar-refractivity contribution in [2.75, 3.05) is 40.4 Å². The van der Waals surface area contributed by atoms with Crippen molar-refractivity contribution in [2.45, 2.75) is 26.7 Å². The lowest BCUT2D eigenvalue weighted by atomic mass is 9.98. The van der Waals surface area contributed by atoms with Gasteiger partial charge in [-0.1, -0.05) is 59.6 Å². The number of hydrogen-bond acceptors (Lipinski definition) is 8. The first-order valence-corrected chi connectivity index (χ1v) is 18.3. The molecule has 0 spiro atoms. The lowest BCUT2D eigenvalue weighted by Crippen LogP contribution is -2.26. The molecule has 2 amide bonds. The average molecular weight is 802 g/mol. The normalized spacial score (nSPS) is 11.2. The van der Waals surface area contributed by atoms with Crippen LogP contribution in [0.1, 0.15) is 24.0 Å². The Morgan fingerprint density at radius 2 is 1.04 bits per heavy atom. The van der Waals surface area contributed by atoms with Crippen LogP contribution in [0.3, 0.4) is 0 Å². The maximum Gasteiger partial charge on any atom is 0.407 e. The van der Waals surface area contributed by atoms with E-state index in [2.05, 4.69) is 0 Å². The van der Waals surface area contributed by atoms with E-state index >= 15 is 0 Å². The Balaban J connectivity index is 1.27. The summed E-state index contributed by atoms with van der Waals surface area (Å²) in [6.07, 6.45) is 2.02. The second-order valence-electron chi connectivity index (χ2n) is 13.2. The summed E-state index contributed by atoms with van der Waals surface area (Å²) >= 11 is 14.1. The predicted molar refractivity (Wildman–Crippen MR) is 214 cm³/mol. The van der Waals surface area contributed by atoms with Crippen molar-refractivity contribution in [2.24, 2.45) is 0 Å². The molecule has 0 radical (unpaired) electrons. The molecule has 6 rings (SSSR count).